The van der Waals surface area contributed by atoms with Crippen LogP contribution in [0.2, 0.25) is 0 Å². The van der Waals surface area contributed by atoms with Crippen LogP contribution in [0.3, 0.4) is 0 Å². The first kappa shape index (κ1) is 16.1. The van der Waals surface area contributed by atoms with Crippen LogP contribution in [-0.4, -0.2) is 12.4 Å². The first-order valence-corrected chi connectivity index (χ1v) is 7.53. The molecule has 21 heavy (non-hydrogen) atoms. The molecule has 0 bridgehead atoms. The highest BCUT2D eigenvalue weighted by Gasteiger charge is 2.32. The minimum Gasteiger partial charge on any atom is -0.405 e. The second kappa shape index (κ2) is 7.16. The van der Waals surface area contributed by atoms with Crippen LogP contribution in [0.5, 0.6) is 5.75 Å². The summed E-state index contributed by atoms with van der Waals surface area (Å²) in [6.45, 7) is 2.51. The Morgan fingerprint density at radius 2 is 1.86 bits per heavy atom. The summed E-state index contributed by atoms with van der Waals surface area (Å²) in [5.74, 6) is 0.503. The smallest absolute Gasteiger partial charge is 0.405 e. The van der Waals surface area contributed by atoms with Gasteiger partial charge in [0.15, 0.2) is 0 Å². The van der Waals surface area contributed by atoms with E-state index in [0.717, 1.165) is 0 Å². The van der Waals surface area contributed by atoms with E-state index in [1.54, 1.807) is 18.2 Å². The van der Waals surface area contributed by atoms with Crippen LogP contribution in [0, 0.1) is 5.92 Å². The maximum atomic E-state index is 12.4. The van der Waals surface area contributed by atoms with Gasteiger partial charge in [-0.3, -0.25) is 0 Å². The lowest BCUT2D eigenvalue weighted by atomic mass is 9.84. The fraction of sp³-hybridized carbons (Fsp3) is 0.625. The van der Waals surface area contributed by atoms with Gasteiger partial charge >= 0.3 is 6.36 Å². The van der Waals surface area contributed by atoms with Crippen LogP contribution in [0.4, 0.5) is 13.2 Å². The quantitative estimate of drug-likeness (QED) is 0.855. The standard InChI is InChI=1S/C16H22F3NO/c1-12(13-7-3-2-4-8-13)20-11-14-9-5-6-10-15(14)21-16(17,18)19/h5-6,9-10,12-13,20H,2-4,7-8,11H2,1H3. The van der Waals surface area contributed by atoms with Gasteiger partial charge in [-0.2, -0.15) is 0 Å². The first-order valence-electron chi connectivity index (χ1n) is 7.53. The number of halogens is 3. The van der Waals surface area contributed by atoms with Crippen molar-refractivity contribution >= 4 is 0 Å². The fourth-order valence-electron chi connectivity index (χ4n) is 2.95. The second-order valence-electron chi connectivity index (χ2n) is 5.72. The number of para-hydroxylation sites is 1. The van der Waals surface area contributed by atoms with Gasteiger partial charge in [0, 0.05) is 18.2 Å². The fourth-order valence-corrected chi connectivity index (χ4v) is 2.95. The van der Waals surface area contributed by atoms with E-state index in [0.29, 0.717) is 24.1 Å². The number of rotatable bonds is 5. The second-order valence-corrected chi connectivity index (χ2v) is 5.72. The van der Waals surface area contributed by atoms with Crippen LogP contribution < -0.4 is 10.1 Å². The Hall–Kier alpha value is -1.23. The summed E-state index contributed by atoms with van der Waals surface area (Å²) in [6, 6.07) is 6.61. The van der Waals surface area contributed by atoms with Crippen LogP contribution in [0.15, 0.2) is 24.3 Å². The zero-order valence-corrected chi connectivity index (χ0v) is 12.2. The van der Waals surface area contributed by atoms with E-state index in [4.69, 9.17) is 0 Å². The molecule has 1 aromatic rings. The van der Waals surface area contributed by atoms with Crippen LogP contribution in [-0.2, 0) is 6.54 Å². The molecule has 1 aliphatic rings. The SMILES string of the molecule is CC(NCc1ccccc1OC(F)(F)F)C1CCCCC1. The number of benzene rings is 1. The Balaban J connectivity index is 1.93. The van der Waals surface area contributed by atoms with Crippen molar-refractivity contribution in [1.82, 2.24) is 5.32 Å². The maximum Gasteiger partial charge on any atom is 0.573 e. The van der Waals surface area contributed by atoms with E-state index in [9.17, 15) is 13.2 Å². The molecule has 0 heterocycles. The Labute approximate surface area is 123 Å². The average molecular weight is 301 g/mol. The number of hydrogen-bond acceptors (Lipinski definition) is 2. The first-order chi connectivity index (χ1) is 9.96. The molecule has 5 heteroatoms. The number of nitrogens with one attached hydrogen (secondary N) is 1. The maximum absolute atomic E-state index is 12.4. The predicted octanol–water partition coefficient (Wildman–Crippen LogP) is 4.64. The lowest BCUT2D eigenvalue weighted by molar-refractivity contribution is -0.274. The molecule has 1 unspecified atom stereocenters. The van der Waals surface area contributed by atoms with Gasteiger partial charge in [0.05, 0.1) is 0 Å². The minimum atomic E-state index is -4.65. The van der Waals surface area contributed by atoms with E-state index in [1.165, 1.54) is 38.2 Å². The van der Waals surface area contributed by atoms with Crippen molar-refractivity contribution in [3.8, 4) is 5.75 Å². The average Bonchev–Trinajstić information content (AvgIpc) is 2.45. The van der Waals surface area contributed by atoms with E-state index < -0.39 is 6.36 Å². The summed E-state index contributed by atoms with van der Waals surface area (Å²) in [6.07, 6.45) is 1.56. The van der Waals surface area contributed by atoms with Gasteiger partial charge in [0.2, 0.25) is 0 Å². The molecule has 0 saturated heterocycles. The molecule has 0 spiro atoms. The lowest BCUT2D eigenvalue weighted by Gasteiger charge is -2.28. The third-order valence-electron chi connectivity index (χ3n) is 4.17. The number of ether oxygens (including phenoxy) is 1. The summed E-state index contributed by atoms with van der Waals surface area (Å²) in [4.78, 5) is 0. The molecule has 1 aliphatic carbocycles. The zero-order valence-electron chi connectivity index (χ0n) is 12.2. The largest absolute Gasteiger partial charge is 0.573 e. The van der Waals surface area contributed by atoms with Crippen LogP contribution in [0.1, 0.15) is 44.6 Å². The van der Waals surface area contributed by atoms with Crippen molar-refractivity contribution in [2.75, 3.05) is 0 Å². The van der Waals surface area contributed by atoms with Gasteiger partial charge in [-0.05, 0) is 31.7 Å². The summed E-state index contributed by atoms with van der Waals surface area (Å²) < 4.78 is 41.2. The molecule has 0 radical (unpaired) electrons. The van der Waals surface area contributed by atoms with Crippen LogP contribution >= 0.6 is 0 Å². The van der Waals surface area contributed by atoms with E-state index >= 15 is 0 Å². The summed E-state index contributed by atoms with van der Waals surface area (Å²) >= 11 is 0. The van der Waals surface area contributed by atoms with Gasteiger partial charge in [-0.25, -0.2) is 0 Å². The third-order valence-corrected chi connectivity index (χ3v) is 4.17. The van der Waals surface area contributed by atoms with Gasteiger partial charge in [0.1, 0.15) is 5.75 Å². The Kier molecular flexibility index (Phi) is 5.51. The Morgan fingerprint density at radius 3 is 2.52 bits per heavy atom. The summed E-state index contributed by atoms with van der Waals surface area (Å²) in [5, 5.41) is 3.35. The Morgan fingerprint density at radius 1 is 1.19 bits per heavy atom. The molecule has 118 valence electrons. The van der Waals surface area contributed by atoms with Gasteiger partial charge in [-0.1, -0.05) is 37.5 Å². The van der Waals surface area contributed by atoms with Crippen molar-refractivity contribution in [1.29, 1.82) is 0 Å². The summed E-state index contributed by atoms with van der Waals surface area (Å²) in [5.41, 5.74) is 0.539. The number of hydrogen-bond donors (Lipinski definition) is 1. The number of alkyl halides is 3. The molecule has 2 rings (SSSR count). The monoisotopic (exact) mass is 301 g/mol. The van der Waals surface area contributed by atoms with Crippen molar-refractivity contribution in [2.24, 2.45) is 5.92 Å². The Bertz CT molecular complexity index is 441. The zero-order chi connectivity index (χ0) is 15.3. The van der Waals surface area contributed by atoms with E-state index in [1.807, 2.05) is 0 Å². The third kappa shape index (κ3) is 5.23. The molecule has 1 aromatic carbocycles. The van der Waals surface area contributed by atoms with Crippen molar-refractivity contribution in [2.45, 2.75) is 58.0 Å². The van der Waals surface area contributed by atoms with Gasteiger partial charge in [-0.15, -0.1) is 13.2 Å². The van der Waals surface area contributed by atoms with Crippen molar-refractivity contribution < 1.29 is 17.9 Å². The predicted molar refractivity (Wildman–Crippen MR) is 76.0 cm³/mol. The van der Waals surface area contributed by atoms with Crippen molar-refractivity contribution in [3.63, 3.8) is 0 Å². The topological polar surface area (TPSA) is 21.3 Å². The lowest BCUT2D eigenvalue weighted by Crippen LogP contribution is -2.34. The molecule has 2 nitrogen and oxygen atoms in total. The van der Waals surface area contributed by atoms with Gasteiger partial charge in [0.25, 0.3) is 0 Å². The molecular weight excluding hydrogens is 279 g/mol. The minimum absolute atomic E-state index is 0.117. The molecule has 1 atom stereocenters. The van der Waals surface area contributed by atoms with Gasteiger partial charge < -0.3 is 10.1 Å². The highest BCUT2D eigenvalue weighted by atomic mass is 19.4. The highest BCUT2D eigenvalue weighted by molar-refractivity contribution is 5.33. The molecule has 0 aliphatic heterocycles. The molecular formula is C16H22F3NO. The molecule has 1 fully saturated rings. The van der Waals surface area contributed by atoms with E-state index in [-0.39, 0.29) is 5.75 Å². The molecule has 1 N–H and O–H groups in total. The van der Waals surface area contributed by atoms with Crippen molar-refractivity contribution in [3.05, 3.63) is 29.8 Å². The molecule has 1 saturated carbocycles. The molecule has 0 aromatic heterocycles. The van der Waals surface area contributed by atoms with Crippen LogP contribution in [0.25, 0.3) is 0 Å². The highest BCUT2D eigenvalue weighted by Crippen LogP contribution is 2.28. The normalized spacial score (nSPS) is 18.5. The molecule has 0 amide bonds. The van der Waals surface area contributed by atoms with E-state index in [2.05, 4.69) is 17.0 Å². The summed E-state index contributed by atoms with van der Waals surface area (Å²) in [7, 11) is 0.